The third-order valence-electron chi connectivity index (χ3n) is 4.49. The number of rotatable bonds is 7. The maximum atomic E-state index is 12.5. The summed E-state index contributed by atoms with van der Waals surface area (Å²) < 4.78 is 12.3. The molecule has 1 N–H and O–H groups in total. The summed E-state index contributed by atoms with van der Waals surface area (Å²) >= 11 is 0. The minimum Gasteiger partial charge on any atom is -0.392 e. The van der Waals surface area contributed by atoms with E-state index in [1.54, 1.807) is 0 Å². The summed E-state index contributed by atoms with van der Waals surface area (Å²) in [5.74, 6) is 0.510. The van der Waals surface area contributed by atoms with Gasteiger partial charge >= 0.3 is 0 Å². The van der Waals surface area contributed by atoms with E-state index in [4.69, 9.17) is 5.11 Å². The van der Waals surface area contributed by atoms with Crippen molar-refractivity contribution >= 4 is 16.7 Å². The average molecular weight is 337 g/mol. The number of nitrogens with zero attached hydrogens (tertiary/aromatic N) is 1. The summed E-state index contributed by atoms with van der Waals surface area (Å²) in [6, 6.07) is 7.73. The van der Waals surface area contributed by atoms with Gasteiger partial charge in [0.2, 0.25) is 5.91 Å². The van der Waals surface area contributed by atoms with E-state index < -0.39 is 10.8 Å². The fourth-order valence-electron chi connectivity index (χ4n) is 3.23. The van der Waals surface area contributed by atoms with Crippen LogP contribution in [0.3, 0.4) is 0 Å². The van der Waals surface area contributed by atoms with Gasteiger partial charge in [-0.2, -0.15) is 0 Å². The van der Waals surface area contributed by atoms with Crippen molar-refractivity contribution in [3.63, 3.8) is 0 Å². The molecule has 23 heavy (non-hydrogen) atoms. The molecule has 0 radical (unpaired) electrons. The molecule has 5 heteroatoms. The Morgan fingerprint density at radius 2 is 1.78 bits per heavy atom. The summed E-state index contributed by atoms with van der Waals surface area (Å²) in [5, 5.41) is 9.03. The van der Waals surface area contributed by atoms with Crippen LogP contribution in [-0.2, 0) is 28.0 Å². The van der Waals surface area contributed by atoms with E-state index in [2.05, 4.69) is 0 Å². The van der Waals surface area contributed by atoms with Crippen LogP contribution in [0, 0.1) is 0 Å². The van der Waals surface area contributed by atoms with Crippen molar-refractivity contribution in [2.45, 2.75) is 57.4 Å². The normalized spacial score (nSPS) is 17.0. The molecule has 2 rings (SSSR count). The van der Waals surface area contributed by atoms with Crippen molar-refractivity contribution < 1.29 is 14.1 Å². The van der Waals surface area contributed by atoms with Crippen LogP contribution in [0.4, 0.5) is 0 Å². The van der Waals surface area contributed by atoms with Crippen LogP contribution >= 0.6 is 0 Å². The summed E-state index contributed by atoms with van der Waals surface area (Å²) in [6.07, 6.45) is 5.80. The summed E-state index contributed by atoms with van der Waals surface area (Å²) in [5.41, 5.74) is 1.78. The van der Waals surface area contributed by atoms with Crippen LogP contribution in [0.1, 0.15) is 50.2 Å². The molecule has 1 aliphatic carbocycles. The number of hydrogen-bond acceptors (Lipinski definition) is 3. The zero-order valence-corrected chi connectivity index (χ0v) is 14.7. The van der Waals surface area contributed by atoms with E-state index in [0.717, 1.165) is 24.0 Å². The van der Waals surface area contributed by atoms with Crippen molar-refractivity contribution in [3.8, 4) is 0 Å². The first-order chi connectivity index (χ1) is 11.1. The van der Waals surface area contributed by atoms with Gasteiger partial charge in [-0.3, -0.25) is 9.00 Å². The number of carbonyl (C=O) groups is 1. The predicted molar refractivity (Wildman–Crippen MR) is 93.3 cm³/mol. The minimum absolute atomic E-state index is 0.00863. The van der Waals surface area contributed by atoms with Gasteiger partial charge in [0.15, 0.2) is 0 Å². The van der Waals surface area contributed by atoms with Gasteiger partial charge in [0.05, 0.1) is 6.61 Å². The topological polar surface area (TPSA) is 57.6 Å². The lowest BCUT2D eigenvalue weighted by molar-refractivity contribution is -0.131. The van der Waals surface area contributed by atoms with Crippen molar-refractivity contribution in [2.24, 2.45) is 0 Å². The van der Waals surface area contributed by atoms with Crippen LogP contribution < -0.4 is 0 Å². The molecule has 1 amide bonds. The minimum atomic E-state index is -1.19. The molecule has 0 aromatic heterocycles. The molecule has 1 fully saturated rings. The lowest BCUT2D eigenvalue weighted by Gasteiger charge is -2.33. The smallest absolute Gasteiger partial charge is 0.235 e. The Morgan fingerprint density at radius 3 is 2.35 bits per heavy atom. The summed E-state index contributed by atoms with van der Waals surface area (Å²) in [6.45, 7) is 2.71. The Labute approximate surface area is 141 Å². The Hall–Kier alpha value is -1.20. The molecule has 0 spiro atoms. The van der Waals surface area contributed by atoms with E-state index in [-0.39, 0.29) is 18.3 Å². The third-order valence-corrected chi connectivity index (χ3v) is 5.72. The Bertz CT molecular complexity index is 524. The number of aliphatic hydroxyl groups excluding tert-OH is 1. The first kappa shape index (κ1) is 18.1. The monoisotopic (exact) mass is 337 g/mol. The molecule has 0 aliphatic heterocycles. The number of hydrogen-bond donors (Lipinski definition) is 1. The van der Waals surface area contributed by atoms with Crippen molar-refractivity contribution in [1.29, 1.82) is 0 Å². The molecule has 128 valence electrons. The zero-order valence-electron chi connectivity index (χ0n) is 13.9. The van der Waals surface area contributed by atoms with E-state index in [1.807, 2.05) is 36.1 Å². The highest BCUT2D eigenvalue weighted by molar-refractivity contribution is 7.84. The number of aliphatic hydroxyl groups is 1. The first-order valence-corrected chi connectivity index (χ1v) is 9.96. The predicted octanol–water partition coefficient (Wildman–Crippen LogP) is 2.61. The van der Waals surface area contributed by atoms with Crippen LogP contribution in [-0.4, -0.2) is 38.5 Å². The van der Waals surface area contributed by atoms with Gasteiger partial charge in [-0.1, -0.05) is 43.5 Å². The van der Waals surface area contributed by atoms with Gasteiger partial charge in [0, 0.05) is 29.1 Å². The highest BCUT2D eigenvalue weighted by Gasteiger charge is 2.25. The highest BCUT2D eigenvalue weighted by Crippen LogP contribution is 2.22. The number of carbonyl (C=O) groups excluding carboxylic acids is 1. The lowest BCUT2D eigenvalue weighted by atomic mass is 9.94. The van der Waals surface area contributed by atoms with Crippen molar-refractivity contribution in [3.05, 3.63) is 35.4 Å². The first-order valence-electron chi connectivity index (χ1n) is 8.47. The van der Waals surface area contributed by atoms with Gasteiger partial charge in [-0.05, 0) is 30.9 Å². The van der Waals surface area contributed by atoms with Crippen molar-refractivity contribution in [1.82, 2.24) is 4.90 Å². The van der Waals surface area contributed by atoms with Crippen molar-refractivity contribution in [2.75, 3.05) is 12.3 Å². The average Bonchev–Trinajstić information content (AvgIpc) is 2.57. The zero-order chi connectivity index (χ0) is 16.7. The summed E-state index contributed by atoms with van der Waals surface area (Å²) in [4.78, 5) is 14.4. The largest absolute Gasteiger partial charge is 0.392 e. The number of amides is 1. The Balaban J connectivity index is 1.88. The van der Waals surface area contributed by atoms with Gasteiger partial charge in [0.1, 0.15) is 5.75 Å². The SMILES string of the molecule is CCN(C(=O)CS(=O)Cc1ccc(CO)cc1)C1CCCCC1. The van der Waals surface area contributed by atoms with Gasteiger partial charge in [0.25, 0.3) is 0 Å². The molecule has 1 saturated carbocycles. The standard InChI is InChI=1S/C18H27NO3S/c1-2-19(17-6-4-3-5-7-17)18(21)14-23(22)13-16-10-8-15(12-20)9-11-16/h8-11,17,20H,2-7,12-14H2,1H3. The molecule has 1 aliphatic rings. The van der Waals surface area contributed by atoms with E-state index in [9.17, 15) is 9.00 Å². The maximum absolute atomic E-state index is 12.5. The Morgan fingerprint density at radius 1 is 1.17 bits per heavy atom. The molecular formula is C18H27NO3S. The fraction of sp³-hybridized carbons (Fsp3) is 0.611. The number of benzene rings is 1. The van der Waals surface area contributed by atoms with Crippen LogP contribution in [0.5, 0.6) is 0 Å². The fourth-order valence-corrected chi connectivity index (χ4v) is 4.34. The molecule has 1 atom stereocenters. The van der Waals surface area contributed by atoms with Crippen LogP contribution in [0.15, 0.2) is 24.3 Å². The molecule has 1 aromatic carbocycles. The van der Waals surface area contributed by atoms with Crippen LogP contribution in [0.2, 0.25) is 0 Å². The molecule has 0 saturated heterocycles. The van der Waals surface area contributed by atoms with Gasteiger partial charge in [-0.15, -0.1) is 0 Å². The van der Waals surface area contributed by atoms with E-state index in [1.165, 1.54) is 19.3 Å². The van der Waals surface area contributed by atoms with Gasteiger partial charge in [-0.25, -0.2) is 0 Å². The second-order valence-electron chi connectivity index (χ2n) is 6.17. The molecular weight excluding hydrogens is 310 g/mol. The second kappa shape index (κ2) is 9.18. The Kier molecular flexibility index (Phi) is 7.24. The molecule has 1 aromatic rings. The lowest BCUT2D eigenvalue weighted by Crippen LogP contribution is -2.43. The molecule has 1 unspecified atom stereocenters. The van der Waals surface area contributed by atoms with E-state index >= 15 is 0 Å². The van der Waals surface area contributed by atoms with Crippen LogP contribution in [0.25, 0.3) is 0 Å². The second-order valence-corrected chi connectivity index (χ2v) is 7.63. The molecule has 0 bridgehead atoms. The third kappa shape index (κ3) is 5.43. The highest BCUT2D eigenvalue weighted by atomic mass is 32.2. The van der Waals surface area contributed by atoms with Gasteiger partial charge < -0.3 is 10.0 Å². The quantitative estimate of drug-likeness (QED) is 0.832. The molecule has 0 heterocycles. The molecule has 4 nitrogen and oxygen atoms in total. The van der Waals surface area contributed by atoms with E-state index in [0.29, 0.717) is 18.3 Å². The maximum Gasteiger partial charge on any atom is 0.235 e. The summed E-state index contributed by atoms with van der Waals surface area (Å²) in [7, 11) is -1.19.